The fourth-order valence-electron chi connectivity index (χ4n) is 12.3. The van der Waals surface area contributed by atoms with Gasteiger partial charge in [-0.25, -0.2) is 9.13 Å². The number of esters is 4. The van der Waals surface area contributed by atoms with Gasteiger partial charge < -0.3 is 33.8 Å². The minimum atomic E-state index is -4.96. The van der Waals surface area contributed by atoms with E-state index in [2.05, 4.69) is 41.5 Å². The molecule has 0 aliphatic carbocycles. The van der Waals surface area contributed by atoms with E-state index in [4.69, 9.17) is 37.0 Å². The zero-order chi connectivity index (χ0) is 72.8. The molecule has 3 N–H and O–H groups in total. The monoisotopic (exact) mass is 1450 g/mol. The van der Waals surface area contributed by atoms with Crippen LogP contribution < -0.4 is 0 Å². The Morgan fingerprint density at radius 1 is 0.293 bits per heavy atom. The van der Waals surface area contributed by atoms with Gasteiger partial charge in [-0.05, 0) is 37.5 Å². The number of phosphoric ester groups is 2. The minimum absolute atomic E-state index is 0.107. The number of carbonyl (C=O) groups excluding carboxylic acids is 4. The Labute approximate surface area is 607 Å². The molecule has 0 saturated heterocycles. The first kappa shape index (κ1) is 97.1. The summed E-state index contributed by atoms with van der Waals surface area (Å²) < 4.78 is 68.7. The molecule has 0 radical (unpaired) electrons. The molecule has 0 heterocycles. The third-order valence-corrected chi connectivity index (χ3v) is 21.0. The molecule has 0 spiro atoms. The Morgan fingerprint density at radius 2 is 0.515 bits per heavy atom. The Kier molecular flexibility index (Phi) is 70.3. The van der Waals surface area contributed by atoms with Crippen molar-refractivity contribution in [1.29, 1.82) is 0 Å². The van der Waals surface area contributed by atoms with Crippen molar-refractivity contribution in [2.75, 3.05) is 39.6 Å². The zero-order valence-corrected chi connectivity index (χ0v) is 66.6. The van der Waals surface area contributed by atoms with Crippen molar-refractivity contribution >= 4 is 39.5 Å². The molecular formula is C80H156O17P2. The molecule has 0 rings (SSSR count). The number of ether oxygens (including phenoxy) is 4. The van der Waals surface area contributed by atoms with Crippen LogP contribution in [0.3, 0.4) is 0 Å². The lowest BCUT2D eigenvalue weighted by Crippen LogP contribution is -2.30. The van der Waals surface area contributed by atoms with E-state index in [1.54, 1.807) is 0 Å². The molecule has 0 aliphatic rings. The first-order valence-electron chi connectivity index (χ1n) is 41.5. The molecule has 0 saturated carbocycles. The van der Waals surface area contributed by atoms with Crippen LogP contribution in [-0.4, -0.2) is 96.7 Å². The Hall–Kier alpha value is -1.94. The number of aliphatic hydroxyl groups is 1. The van der Waals surface area contributed by atoms with Gasteiger partial charge in [0.2, 0.25) is 0 Å². The van der Waals surface area contributed by atoms with Crippen LogP contribution in [-0.2, 0) is 65.4 Å². The summed E-state index contributed by atoms with van der Waals surface area (Å²) in [5.41, 5.74) is 0. The molecule has 3 unspecified atom stereocenters. The largest absolute Gasteiger partial charge is 0.472 e. The molecular weight excluding hydrogens is 1290 g/mol. The number of carbonyl (C=O) groups is 4. The highest BCUT2D eigenvalue weighted by Crippen LogP contribution is 2.45. The zero-order valence-electron chi connectivity index (χ0n) is 64.8. The van der Waals surface area contributed by atoms with E-state index in [0.29, 0.717) is 25.7 Å². The minimum Gasteiger partial charge on any atom is -0.462 e. The molecule has 0 fully saturated rings. The summed E-state index contributed by atoms with van der Waals surface area (Å²) in [4.78, 5) is 73.0. The summed E-state index contributed by atoms with van der Waals surface area (Å²) in [6, 6.07) is 0. The number of phosphoric acid groups is 2. The van der Waals surface area contributed by atoms with E-state index in [9.17, 15) is 43.2 Å². The predicted octanol–water partition coefficient (Wildman–Crippen LogP) is 23.9. The molecule has 0 bridgehead atoms. The number of unbranched alkanes of at least 4 members (excludes halogenated alkanes) is 48. The van der Waals surface area contributed by atoms with Crippen LogP contribution in [0.15, 0.2) is 0 Å². The second-order valence-electron chi connectivity index (χ2n) is 29.5. The van der Waals surface area contributed by atoms with Gasteiger partial charge in [-0.15, -0.1) is 0 Å². The van der Waals surface area contributed by atoms with Crippen LogP contribution in [0.4, 0.5) is 0 Å². The molecule has 0 aromatic heterocycles. The van der Waals surface area contributed by atoms with E-state index < -0.39 is 97.5 Å². The van der Waals surface area contributed by atoms with E-state index in [1.807, 2.05) is 0 Å². The summed E-state index contributed by atoms with van der Waals surface area (Å²) in [5.74, 6) is -0.521. The standard InChI is InChI=1S/C80H156O17P2/c1-7-10-12-14-16-18-20-22-25-30-33-37-44-50-56-62-77(82)90-68-75(96-80(85)65-59-53-47-39-35-31-27-24-23-26-29-32-36-42-48-54-60-72(4)5)70-94-98(86,87)92-66-74(81)67-93-99(88,89)95-71-76(69-91-78(83)63-57-51-45-41-40-43-49-55-61-73(6)9-3)97-79(84)64-58-52-46-38-34-28-21-19-17-15-13-11-8-2/h72-76,81H,7-71H2,1-6H3,(H,86,87)(H,88,89)/t73?,74-,75-,76-/m1/s1. The smallest absolute Gasteiger partial charge is 0.462 e. The van der Waals surface area contributed by atoms with Gasteiger partial charge in [0.25, 0.3) is 0 Å². The third-order valence-electron chi connectivity index (χ3n) is 19.1. The fourth-order valence-corrected chi connectivity index (χ4v) is 13.9. The quantitative estimate of drug-likeness (QED) is 0.0222. The predicted molar refractivity (Wildman–Crippen MR) is 405 cm³/mol. The third kappa shape index (κ3) is 72.8. The van der Waals surface area contributed by atoms with Crippen LogP contribution in [0.25, 0.3) is 0 Å². The van der Waals surface area contributed by atoms with Crippen molar-refractivity contribution in [2.24, 2.45) is 11.8 Å². The normalized spacial score (nSPS) is 14.2. The molecule has 99 heavy (non-hydrogen) atoms. The molecule has 0 aliphatic heterocycles. The summed E-state index contributed by atoms with van der Waals surface area (Å²) >= 11 is 0. The summed E-state index contributed by atoms with van der Waals surface area (Å²) in [6.45, 7) is 9.67. The molecule has 588 valence electrons. The van der Waals surface area contributed by atoms with Crippen molar-refractivity contribution < 1.29 is 80.2 Å². The van der Waals surface area contributed by atoms with Crippen LogP contribution in [0.5, 0.6) is 0 Å². The van der Waals surface area contributed by atoms with E-state index in [1.165, 1.54) is 238 Å². The van der Waals surface area contributed by atoms with Crippen molar-refractivity contribution in [3.63, 3.8) is 0 Å². The maximum atomic E-state index is 13.1. The van der Waals surface area contributed by atoms with Crippen LogP contribution in [0, 0.1) is 11.8 Å². The lowest BCUT2D eigenvalue weighted by Gasteiger charge is -2.21. The number of rotatable bonds is 79. The molecule has 0 aromatic rings. The van der Waals surface area contributed by atoms with Crippen molar-refractivity contribution in [3.8, 4) is 0 Å². The van der Waals surface area contributed by atoms with Crippen molar-refractivity contribution in [3.05, 3.63) is 0 Å². The number of hydrogen-bond acceptors (Lipinski definition) is 15. The highest BCUT2D eigenvalue weighted by molar-refractivity contribution is 7.47. The topological polar surface area (TPSA) is 237 Å². The number of aliphatic hydroxyl groups excluding tert-OH is 1. The van der Waals surface area contributed by atoms with Gasteiger partial charge in [0.1, 0.15) is 19.3 Å². The van der Waals surface area contributed by atoms with Crippen LogP contribution in [0.1, 0.15) is 420 Å². The van der Waals surface area contributed by atoms with Gasteiger partial charge in [0.15, 0.2) is 12.2 Å². The maximum absolute atomic E-state index is 13.1. The average Bonchev–Trinajstić information content (AvgIpc) is 1.34. The maximum Gasteiger partial charge on any atom is 0.472 e. The van der Waals surface area contributed by atoms with Crippen molar-refractivity contribution in [2.45, 2.75) is 439 Å². The number of hydrogen-bond donors (Lipinski definition) is 3. The van der Waals surface area contributed by atoms with Gasteiger partial charge in [0.05, 0.1) is 26.4 Å². The Balaban J connectivity index is 5.25. The lowest BCUT2D eigenvalue weighted by molar-refractivity contribution is -0.161. The second kappa shape index (κ2) is 71.7. The van der Waals surface area contributed by atoms with Gasteiger partial charge in [-0.1, -0.05) is 369 Å². The van der Waals surface area contributed by atoms with E-state index in [0.717, 1.165) is 102 Å². The molecule has 19 heteroatoms. The lowest BCUT2D eigenvalue weighted by atomic mass is 9.99. The summed E-state index contributed by atoms with van der Waals surface area (Å²) in [6.07, 6.45) is 60.9. The molecule has 17 nitrogen and oxygen atoms in total. The van der Waals surface area contributed by atoms with Gasteiger partial charge in [-0.2, -0.15) is 0 Å². The van der Waals surface area contributed by atoms with Crippen molar-refractivity contribution in [1.82, 2.24) is 0 Å². The molecule has 0 aromatic carbocycles. The van der Waals surface area contributed by atoms with Gasteiger partial charge >= 0.3 is 39.5 Å². The Bertz CT molecular complexity index is 1910. The van der Waals surface area contributed by atoms with Crippen LogP contribution >= 0.6 is 15.6 Å². The summed E-state index contributed by atoms with van der Waals surface area (Å²) in [7, 11) is -9.92. The highest BCUT2D eigenvalue weighted by atomic mass is 31.2. The fraction of sp³-hybridized carbons (Fsp3) is 0.950. The average molecular weight is 1450 g/mol. The van der Waals surface area contributed by atoms with Gasteiger partial charge in [-0.3, -0.25) is 37.3 Å². The Morgan fingerprint density at radius 3 is 0.768 bits per heavy atom. The molecule has 0 amide bonds. The molecule has 6 atom stereocenters. The first-order valence-corrected chi connectivity index (χ1v) is 44.5. The van der Waals surface area contributed by atoms with E-state index in [-0.39, 0.29) is 25.7 Å². The van der Waals surface area contributed by atoms with Gasteiger partial charge in [0, 0.05) is 25.7 Å². The highest BCUT2D eigenvalue weighted by Gasteiger charge is 2.30. The first-order chi connectivity index (χ1) is 47.9. The summed E-state index contributed by atoms with van der Waals surface area (Å²) in [5, 5.41) is 10.6. The van der Waals surface area contributed by atoms with Crippen LogP contribution in [0.2, 0.25) is 0 Å². The van der Waals surface area contributed by atoms with E-state index >= 15 is 0 Å². The second-order valence-corrected chi connectivity index (χ2v) is 32.4. The SMILES string of the molecule is CCCCCCCCCCCCCCCCCC(=O)OC[C@H](COP(=O)(O)OC[C@@H](O)COP(=O)(O)OC[C@@H](COC(=O)CCCCCCCCCCC(C)CC)OC(=O)CCCCCCCCCCCCCCC)OC(=O)CCCCCCCCCCCCCCCCCCC(C)C.